The van der Waals surface area contributed by atoms with Gasteiger partial charge in [0.05, 0.1) is 25.4 Å². The number of aryl methyl sites for hydroxylation is 1. The number of hydrogen-bond acceptors (Lipinski definition) is 4. The molecule has 2 rings (SSSR count). The van der Waals surface area contributed by atoms with Gasteiger partial charge in [-0.05, 0) is 38.5 Å². The highest BCUT2D eigenvalue weighted by Gasteiger charge is 2.33. The third-order valence-electron chi connectivity index (χ3n) is 3.68. The third-order valence-corrected chi connectivity index (χ3v) is 3.68. The summed E-state index contributed by atoms with van der Waals surface area (Å²) in [6.07, 6.45) is 0. The normalized spacial score (nSPS) is 22.4. The van der Waals surface area contributed by atoms with Gasteiger partial charge >= 0.3 is 0 Å². The number of methoxy groups -OCH3 is 1. The topological polar surface area (TPSA) is 44.7 Å². The van der Waals surface area contributed by atoms with Crippen LogP contribution >= 0.6 is 0 Å². The molecule has 0 amide bonds. The van der Waals surface area contributed by atoms with Crippen LogP contribution in [0.3, 0.4) is 0 Å². The van der Waals surface area contributed by atoms with E-state index in [0.717, 1.165) is 24.5 Å². The Kier molecular flexibility index (Phi) is 4.02. The summed E-state index contributed by atoms with van der Waals surface area (Å²) < 4.78 is 5.47. The Bertz CT molecular complexity index is 446. The zero-order valence-corrected chi connectivity index (χ0v) is 12.2. The Labute approximate surface area is 115 Å². The summed E-state index contributed by atoms with van der Waals surface area (Å²) in [4.78, 5) is 2.25. The molecule has 2 N–H and O–H groups in total. The van der Waals surface area contributed by atoms with Crippen LogP contribution in [0.1, 0.15) is 19.4 Å². The van der Waals surface area contributed by atoms with Gasteiger partial charge < -0.3 is 20.1 Å². The molecule has 1 fully saturated rings. The number of piperazine rings is 1. The maximum absolute atomic E-state index is 9.60. The van der Waals surface area contributed by atoms with Crippen LogP contribution in [-0.2, 0) is 0 Å². The minimum Gasteiger partial charge on any atom is -0.495 e. The molecular formula is C15H24N2O2. The molecule has 4 nitrogen and oxygen atoms in total. The predicted octanol–water partition coefficient (Wildman–Crippen LogP) is 1.55. The molecule has 0 radical (unpaired) electrons. The lowest BCUT2D eigenvalue weighted by atomic mass is 9.97. The van der Waals surface area contributed by atoms with Gasteiger partial charge in [0, 0.05) is 18.6 Å². The van der Waals surface area contributed by atoms with Crippen LogP contribution in [0.5, 0.6) is 5.75 Å². The van der Waals surface area contributed by atoms with Gasteiger partial charge in [0.2, 0.25) is 0 Å². The van der Waals surface area contributed by atoms with Gasteiger partial charge in [-0.3, -0.25) is 0 Å². The molecule has 106 valence electrons. The van der Waals surface area contributed by atoms with E-state index in [1.54, 1.807) is 7.11 Å². The lowest BCUT2D eigenvalue weighted by Crippen LogP contribution is -2.62. The van der Waals surface area contributed by atoms with Crippen molar-refractivity contribution in [3.05, 3.63) is 23.8 Å². The highest BCUT2D eigenvalue weighted by Crippen LogP contribution is 2.33. The summed E-state index contributed by atoms with van der Waals surface area (Å²) >= 11 is 0. The standard InChI is InChI=1S/C15H24N2O2/c1-11-5-6-14(19-4)13(7-11)17-10-15(2,3)16-8-12(17)9-18/h5-7,12,16,18H,8-10H2,1-4H3. The fourth-order valence-electron chi connectivity index (χ4n) is 2.58. The first-order chi connectivity index (χ1) is 8.96. The van der Waals surface area contributed by atoms with Crippen molar-refractivity contribution in [2.24, 2.45) is 0 Å². The molecule has 1 aliphatic heterocycles. The van der Waals surface area contributed by atoms with Crippen LogP contribution in [0, 0.1) is 6.92 Å². The van der Waals surface area contributed by atoms with Crippen molar-refractivity contribution in [3.8, 4) is 5.75 Å². The Hall–Kier alpha value is -1.26. The molecule has 0 saturated carbocycles. The Balaban J connectivity index is 2.38. The second-order valence-corrected chi connectivity index (χ2v) is 5.90. The number of rotatable bonds is 3. The highest BCUT2D eigenvalue weighted by atomic mass is 16.5. The van der Waals surface area contributed by atoms with Crippen LogP contribution < -0.4 is 15.0 Å². The molecule has 1 aliphatic rings. The molecule has 1 aromatic rings. The van der Waals surface area contributed by atoms with Gasteiger partial charge in [-0.1, -0.05) is 6.07 Å². The maximum atomic E-state index is 9.60. The zero-order chi connectivity index (χ0) is 14.0. The quantitative estimate of drug-likeness (QED) is 0.869. The Morgan fingerprint density at radius 1 is 1.47 bits per heavy atom. The highest BCUT2D eigenvalue weighted by molar-refractivity contribution is 5.61. The zero-order valence-electron chi connectivity index (χ0n) is 12.2. The van der Waals surface area contributed by atoms with Crippen molar-refractivity contribution in [2.75, 3.05) is 31.7 Å². The average molecular weight is 264 g/mol. The molecule has 4 heteroatoms. The monoisotopic (exact) mass is 264 g/mol. The number of ether oxygens (including phenoxy) is 1. The molecule has 0 spiro atoms. The van der Waals surface area contributed by atoms with Gasteiger partial charge in [0.1, 0.15) is 5.75 Å². The van der Waals surface area contributed by atoms with Crippen molar-refractivity contribution in [2.45, 2.75) is 32.4 Å². The van der Waals surface area contributed by atoms with Crippen LogP contribution in [-0.4, -0.2) is 43.5 Å². The minimum absolute atomic E-state index is 0.0282. The maximum Gasteiger partial charge on any atom is 0.142 e. The summed E-state index contributed by atoms with van der Waals surface area (Å²) in [5, 5.41) is 13.1. The molecule has 1 aromatic carbocycles. The Morgan fingerprint density at radius 2 is 2.21 bits per heavy atom. The van der Waals surface area contributed by atoms with Gasteiger partial charge in [0.25, 0.3) is 0 Å². The first kappa shape index (κ1) is 14.2. The molecule has 19 heavy (non-hydrogen) atoms. The number of anilines is 1. The van der Waals surface area contributed by atoms with E-state index in [0.29, 0.717) is 0 Å². The number of aliphatic hydroxyl groups is 1. The van der Waals surface area contributed by atoms with E-state index in [9.17, 15) is 5.11 Å². The van der Waals surface area contributed by atoms with Crippen molar-refractivity contribution in [1.82, 2.24) is 5.32 Å². The smallest absolute Gasteiger partial charge is 0.142 e. The molecule has 0 aromatic heterocycles. The van der Waals surface area contributed by atoms with Crippen molar-refractivity contribution in [3.63, 3.8) is 0 Å². The van der Waals surface area contributed by atoms with E-state index in [1.165, 1.54) is 5.56 Å². The van der Waals surface area contributed by atoms with Gasteiger partial charge in [-0.2, -0.15) is 0 Å². The molecule has 1 atom stereocenters. The average Bonchev–Trinajstić information content (AvgIpc) is 2.37. The number of nitrogens with zero attached hydrogens (tertiary/aromatic N) is 1. The summed E-state index contributed by atoms with van der Waals surface area (Å²) in [7, 11) is 1.69. The molecule has 1 heterocycles. The second kappa shape index (κ2) is 5.39. The van der Waals surface area contributed by atoms with Crippen LogP contribution in [0.2, 0.25) is 0 Å². The van der Waals surface area contributed by atoms with E-state index in [2.05, 4.69) is 37.1 Å². The van der Waals surface area contributed by atoms with Crippen LogP contribution in [0.4, 0.5) is 5.69 Å². The van der Waals surface area contributed by atoms with Gasteiger partial charge in [-0.25, -0.2) is 0 Å². The number of nitrogens with one attached hydrogen (secondary N) is 1. The summed E-state index contributed by atoms with van der Waals surface area (Å²) in [5.74, 6) is 0.863. The third kappa shape index (κ3) is 3.01. The van der Waals surface area contributed by atoms with E-state index in [-0.39, 0.29) is 18.2 Å². The molecular weight excluding hydrogens is 240 g/mol. The summed E-state index contributed by atoms with van der Waals surface area (Å²) in [6.45, 7) is 8.19. The predicted molar refractivity (Wildman–Crippen MR) is 78.0 cm³/mol. The fraction of sp³-hybridized carbons (Fsp3) is 0.600. The molecule has 1 unspecified atom stereocenters. The summed E-state index contributed by atoms with van der Waals surface area (Å²) in [5.41, 5.74) is 2.29. The molecule has 0 bridgehead atoms. The molecule has 0 aliphatic carbocycles. The van der Waals surface area contributed by atoms with Crippen molar-refractivity contribution in [1.29, 1.82) is 0 Å². The fourth-order valence-corrected chi connectivity index (χ4v) is 2.58. The van der Waals surface area contributed by atoms with Gasteiger partial charge in [0.15, 0.2) is 0 Å². The lowest BCUT2D eigenvalue weighted by molar-refractivity contribution is 0.214. The first-order valence-electron chi connectivity index (χ1n) is 6.74. The number of hydrogen-bond donors (Lipinski definition) is 2. The van der Waals surface area contributed by atoms with Crippen LogP contribution in [0.25, 0.3) is 0 Å². The van der Waals surface area contributed by atoms with E-state index in [1.807, 2.05) is 12.1 Å². The van der Waals surface area contributed by atoms with Gasteiger partial charge in [-0.15, -0.1) is 0 Å². The SMILES string of the molecule is COc1ccc(C)cc1N1CC(C)(C)NCC1CO. The molecule has 1 saturated heterocycles. The van der Waals surface area contributed by atoms with E-state index < -0.39 is 0 Å². The Morgan fingerprint density at radius 3 is 2.84 bits per heavy atom. The largest absolute Gasteiger partial charge is 0.495 e. The number of benzene rings is 1. The van der Waals surface area contributed by atoms with E-state index >= 15 is 0 Å². The lowest BCUT2D eigenvalue weighted by Gasteiger charge is -2.45. The summed E-state index contributed by atoms with van der Waals surface area (Å²) in [6, 6.07) is 6.25. The van der Waals surface area contributed by atoms with E-state index in [4.69, 9.17) is 4.74 Å². The first-order valence-corrected chi connectivity index (χ1v) is 6.74. The minimum atomic E-state index is 0.0282. The second-order valence-electron chi connectivity index (χ2n) is 5.90. The number of aliphatic hydroxyl groups excluding tert-OH is 1. The van der Waals surface area contributed by atoms with Crippen LogP contribution in [0.15, 0.2) is 18.2 Å². The van der Waals surface area contributed by atoms with Crippen molar-refractivity contribution < 1.29 is 9.84 Å². The van der Waals surface area contributed by atoms with Crippen molar-refractivity contribution >= 4 is 5.69 Å².